The zero-order valence-electron chi connectivity index (χ0n) is 10.3. The van der Waals surface area contributed by atoms with Gasteiger partial charge in [-0.2, -0.15) is 0 Å². The molecule has 4 nitrogen and oxygen atoms in total. The van der Waals surface area contributed by atoms with Crippen LogP contribution in [0.2, 0.25) is 0 Å². The number of aromatic nitrogens is 1. The maximum absolute atomic E-state index is 11.9. The summed E-state index contributed by atoms with van der Waals surface area (Å²) in [5.74, 6) is -0.0333. The van der Waals surface area contributed by atoms with Crippen molar-refractivity contribution >= 4 is 21.8 Å². The first-order valence-electron chi connectivity index (χ1n) is 5.90. The lowest BCUT2D eigenvalue weighted by atomic mass is 10.3. The Kier molecular flexibility index (Phi) is 6.29. The summed E-state index contributed by atoms with van der Waals surface area (Å²) >= 11 is 3.37. The Morgan fingerprint density at radius 3 is 2.94 bits per heavy atom. The smallest absolute Gasteiger partial charge is 0.267 e. The van der Waals surface area contributed by atoms with Crippen molar-refractivity contribution in [2.75, 3.05) is 19.8 Å². The van der Waals surface area contributed by atoms with Gasteiger partial charge in [0.1, 0.15) is 5.69 Å². The van der Waals surface area contributed by atoms with Crippen LogP contribution in [-0.2, 0) is 11.3 Å². The second kappa shape index (κ2) is 7.50. The van der Waals surface area contributed by atoms with Crippen LogP contribution in [0, 0.1) is 0 Å². The summed E-state index contributed by atoms with van der Waals surface area (Å²) in [6.45, 7) is 6.82. The summed E-state index contributed by atoms with van der Waals surface area (Å²) in [5.41, 5.74) is 0.691. The number of rotatable bonds is 7. The molecule has 0 fully saturated rings. The Bertz CT molecular complexity index is 363. The van der Waals surface area contributed by atoms with E-state index in [0.717, 1.165) is 24.0 Å². The first kappa shape index (κ1) is 14.3. The third-order valence-corrected chi connectivity index (χ3v) is 2.83. The second-order valence-electron chi connectivity index (χ2n) is 3.64. The number of aryl methyl sites for hydroxylation is 1. The molecule has 1 rings (SSSR count). The third-order valence-electron chi connectivity index (χ3n) is 2.39. The average Bonchev–Trinajstić information content (AvgIpc) is 2.70. The van der Waals surface area contributed by atoms with E-state index in [1.54, 1.807) is 0 Å². The summed E-state index contributed by atoms with van der Waals surface area (Å²) in [6, 6.07) is 1.83. The molecule has 1 aromatic heterocycles. The van der Waals surface area contributed by atoms with Crippen molar-refractivity contribution in [3.63, 3.8) is 0 Å². The fourth-order valence-electron chi connectivity index (χ4n) is 1.54. The zero-order chi connectivity index (χ0) is 12.7. The highest BCUT2D eigenvalue weighted by molar-refractivity contribution is 9.10. The Labute approximate surface area is 110 Å². The molecule has 0 spiro atoms. The zero-order valence-corrected chi connectivity index (χ0v) is 11.9. The van der Waals surface area contributed by atoms with Gasteiger partial charge in [0.2, 0.25) is 0 Å². The number of amides is 1. The molecule has 1 N–H and O–H groups in total. The van der Waals surface area contributed by atoms with Crippen LogP contribution in [0.4, 0.5) is 0 Å². The van der Waals surface area contributed by atoms with Crippen LogP contribution in [0.3, 0.4) is 0 Å². The molecule has 0 aliphatic carbocycles. The fourth-order valence-corrected chi connectivity index (χ4v) is 2.00. The van der Waals surface area contributed by atoms with Crippen LogP contribution < -0.4 is 5.32 Å². The monoisotopic (exact) mass is 302 g/mol. The van der Waals surface area contributed by atoms with Gasteiger partial charge >= 0.3 is 0 Å². The largest absolute Gasteiger partial charge is 0.382 e. The van der Waals surface area contributed by atoms with Crippen molar-refractivity contribution in [3.05, 3.63) is 22.4 Å². The van der Waals surface area contributed by atoms with Gasteiger partial charge in [0, 0.05) is 37.0 Å². The van der Waals surface area contributed by atoms with Crippen molar-refractivity contribution in [2.24, 2.45) is 0 Å². The Morgan fingerprint density at radius 1 is 1.53 bits per heavy atom. The van der Waals surface area contributed by atoms with Gasteiger partial charge < -0.3 is 14.6 Å². The van der Waals surface area contributed by atoms with Crippen molar-refractivity contribution in [1.29, 1.82) is 0 Å². The standard InChI is InChI=1S/C12H19BrN2O2/c1-3-15-9-10(13)8-11(15)12(16)14-6-5-7-17-4-2/h8-9H,3-7H2,1-2H3,(H,14,16). The molecule has 0 unspecified atom stereocenters. The number of nitrogens with one attached hydrogen (secondary N) is 1. The van der Waals surface area contributed by atoms with E-state index in [2.05, 4.69) is 21.2 Å². The Hall–Kier alpha value is -0.810. The molecular weight excluding hydrogens is 284 g/mol. The van der Waals surface area contributed by atoms with Gasteiger partial charge in [-0.1, -0.05) is 0 Å². The van der Waals surface area contributed by atoms with E-state index in [0.29, 0.717) is 18.8 Å². The van der Waals surface area contributed by atoms with Gasteiger partial charge in [0.15, 0.2) is 0 Å². The maximum atomic E-state index is 11.9. The minimum Gasteiger partial charge on any atom is -0.382 e. The Balaban J connectivity index is 2.41. The molecule has 0 aromatic carbocycles. The summed E-state index contributed by atoms with van der Waals surface area (Å²) in [4.78, 5) is 11.9. The quantitative estimate of drug-likeness (QED) is 0.786. The highest BCUT2D eigenvalue weighted by atomic mass is 79.9. The van der Waals surface area contributed by atoms with Crippen molar-refractivity contribution in [1.82, 2.24) is 9.88 Å². The van der Waals surface area contributed by atoms with Gasteiger partial charge in [-0.05, 0) is 42.3 Å². The molecule has 0 saturated carbocycles. The molecule has 1 amide bonds. The van der Waals surface area contributed by atoms with E-state index >= 15 is 0 Å². The normalized spacial score (nSPS) is 10.5. The number of carbonyl (C=O) groups is 1. The molecule has 0 saturated heterocycles. The van der Waals surface area contributed by atoms with E-state index in [9.17, 15) is 4.79 Å². The minimum absolute atomic E-state index is 0.0333. The fraction of sp³-hybridized carbons (Fsp3) is 0.583. The average molecular weight is 303 g/mol. The summed E-state index contributed by atoms with van der Waals surface area (Å²) in [5, 5.41) is 2.89. The molecule has 0 bridgehead atoms. The molecule has 1 heterocycles. The van der Waals surface area contributed by atoms with Crippen LogP contribution >= 0.6 is 15.9 Å². The van der Waals surface area contributed by atoms with E-state index < -0.39 is 0 Å². The number of ether oxygens (including phenoxy) is 1. The van der Waals surface area contributed by atoms with E-state index in [1.807, 2.05) is 30.7 Å². The third kappa shape index (κ3) is 4.52. The van der Waals surface area contributed by atoms with Crippen molar-refractivity contribution < 1.29 is 9.53 Å². The van der Waals surface area contributed by atoms with Crippen LogP contribution in [0.25, 0.3) is 0 Å². The van der Waals surface area contributed by atoms with Crippen molar-refractivity contribution in [2.45, 2.75) is 26.8 Å². The minimum atomic E-state index is -0.0333. The summed E-state index contributed by atoms with van der Waals surface area (Å²) in [6.07, 6.45) is 2.75. The van der Waals surface area contributed by atoms with Crippen LogP contribution in [-0.4, -0.2) is 30.2 Å². The van der Waals surface area contributed by atoms with Crippen LogP contribution in [0.1, 0.15) is 30.8 Å². The highest BCUT2D eigenvalue weighted by Crippen LogP contribution is 2.14. The number of nitrogens with zero attached hydrogens (tertiary/aromatic N) is 1. The summed E-state index contributed by atoms with van der Waals surface area (Å²) < 4.78 is 8.05. The molecule has 5 heteroatoms. The lowest BCUT2D eigenvalue weighted by Gasteiger charge is -2.07. The molecule has 0 atom stereocenters. The number of hydrogen-bond donors (Lipinski definition) is 1. The molecule has 0 aliphatic heterocycles. The second-order valence-corrected chi connectivity index (χ2v) is 4.55. The molecule has 0 aliphatic rings. The molecule has 0 radical (unpaired) electrons. The molecule has 96 valence electrons. The predicted octanol–water partition coefficient (Wildman–Crippen LogP) is 2.43. The van der Waals surface area contributed by atoms with Crippen LogP contribution in [0.5, 0.6) is 0 Å². The van der Waals surface area contributed by atoms with Gasteiger partial charge in [0.25, 0.3) is 5.91 Å². The van der Waals surface area contributed by atoms with E-state index in [1.165, 1.54) is 0 Å². The SMILES string of the molecule is CCOCCCNC(=O)c1cc(Br)cn1CC. The molecular formula is C12H19BrN2O2. The van der Waals surface area contributed by atoms with Gasteiger partial charge in [-0.3, -0.25) is 4.79 Å². The van der Waals surface area contributed by atoms with Gasteiger partial charge in [-0.25, -0.2) is 0 Å². The summed E-state index contributed by atoms with van der Waals surface area (Å²) in [7, 11) is 0. The van der Waals surface area contributed by atoms with E-state index in [4.69, 9.17) is 4.74 Å². The first-order chi connectivity index (χ1) is 8.19. The molecule has 17 heavy (non-hydrogen) atoms. The molecule has 1 aromatic rings. The number of hydrogen-bond acceptors (Lipinski definition) is 2. The highest BCUT2D eigenvalue weighted by Gasteiger charge is 2.11. The van der Waals surface area contributed by atoms with E-state index in [-0.39, 0.29) is 5.91 Å². The van der Waals surface area contributed by atoms with Gasteiger partial charge in [0.05, 0.1) is 0 Å². The topological polar surface area (TPSA) is 43.3 Å². The van der Waals surface area contributed by atoms with Gasteiger partial charge in [-0.15, -0.1) is 0 Å². The maximum Gasteiger partial charge on any atom is 0.267 e. The lowest BCUT2D eigenvalue weighted by Crippen LogP contribution is -2.27. The Morgan fingerprint density at radius 2 is 2.29 bits per heavy atom. The van der Waals surface area contributed by atoms with Crippen LogP contribution in [0.15, 0.2) is 16.7 Å². The van der Waals surface area contributed by atoms with Crippen molar-refractivity contribution in [3.8, 4) is 0 Å². The lowest BCUT2D eigenvalue weighted by molar-refractivity contribution is 0.0935. The predicted molar refractivity (Wildman–Crippen MR) is 71.2 cm³/mol. The first-order valence-corrected chi connectivity index (χ1v) is 6.70. The number of halogens is 1. The number of carbonyl (C=O) groups excluding carboxylic acids is 1.